The normalized spacial score (nSPS) is 10.0. The highest BCUT2D eigenvalue weighted by Crippen LogP contribution is 2.24. The lowest BCUT2D eigenvalue weighted by atomic mass is 10.2. The first kappa shape index (κ1) is 16.9. The summed E-state index contributed by atoms with van der Waals surface area (Å²) in [6.07, 6.45) is 0. The Morgan fingerprint density at radius 1 is 1.08 bits per heavy atom. The van der Waals surface area contributed by atoms with E-state index in [1.165, 1.54) is 36.4 Å². The van der Waals surface area contributed by atoms with Crippen LogP contribution in [0.15, 0.2) is 42.5 Å². The van der Waals surface area contributed by atoms with Crippen molar-refractivity contribution >= 4 is 23.0 Å². The molecule has 0 aliphatic rings. The van der Waals surface area contributed by atoms with Gasteiger partial charge < -0.3 is 10.1 Å². The molecule has 0 radical (unpaired) electrons. The number of aryl methyl sites for hydroxylation is 1. The standard InChI is InChI=1S/C15H13N3O6/c1-10-8-11(6-7-13(10)17(20)21)24-9-15(19)16-12-4-2-3-5-14(12)18(22)23/h2-8H,9H2,1H3,(H,16,19). The number of hydrogen-bond acceptors (Lipinski definition) is 6. The largest absolute Gasteiger partial charge is 0.484 e. The van der Waals surface area contributed by atoms with E-state index in [9.17, 15) is 25.0 Å². The van der Waals surface area contributed by atoms with Crippen molar-refractivity contribution in [2.75, 3.05) is 11.9 Å². The van der Waals surface area contributed by atoms with Gasteiger partial charge in [-0.05, 0) is 25.1 Å². The number of benzene rings is 2. The summed E-state index contributed by atoms with van der Waals surface area (Å²) in [5.41, 5.74) is 0.191. The van der Waals surface area contributed by atoms with Gasteiger partial charge in [-0.3, -0.25) is 25.0 Å². The highest BCUT2D eigenvalue weighted by atomic mass is 16.6. The van der Waals surface area contributed by atoms with Gasteiger partial charge in [0.05, 0.1) is 9.85 Å². The van der Waals surface area contributed by atoms with Crippen LogP contribution < -0.4 is 10.1 Å². The van der Waals surface area contributed by atoms with E-state index in [-0.39, 0.29) is 29.4 Å². The molecule has 0 fully saturated rings. The molecule has 2 aromatic rings. The monoisotopic (exact) mass is 331 g/mol. The molecule has 0 bridgehead atoms. The number of carbonyl (C=O) groups is 1. The van der Waals surface area contributed by atoms with Crippen molar-refractivity contribution in [2.24, 2.45) is 0 Å². The highest BCUT2D eigenvalue weighted by Gasteiger charge is 2.15. The quantitative estimate of drug-likeness (QED) is 0.641. The summed E-state index contributed by atoms with van der Waals surface area (Å²) in [5, 5.41) is 24.0. The third-order valence-corrected chi connectivity index (χ3v) is 3.11. The fraction of sp³-hybridized carbons (Fsp3) is 0.133. The number of nitro benzene ring substituents is 2. The second-order valence-electron chi connectivity index (χ2n) is 4.82. The average Bonchev–Trinajstić information content (AvgIpc) is 2.53. The van der Waals surface area contributed by atoms with Crippen molar-refractivity contribution in [1.29, 1.82) is 0 Å². The molecule has 2 rings (SSSR count). The zero-order valence-electron chi connectivity index (χ0n) is 12.6. The number of ether oxygens (including phenoxy) is 1. The Morgan fingerprint density at radius 3 is 2.38 bits per heavy atom. The third-order valence-electron chi connectivity index (χ3n) is 3.11. The van der Waals surface area contributed by atoms with E-state index in [0.29, 0.717) is 5.56 Å². The van der Waals surface area contributed by atoms with E-state index in [1.54, 1.807) is 13.0 Å². The topological polar surface area (TPSA) is 125 Å². The fourth-order valence-electron chi connectivity index (χ4n) is 2.00. The third kappa shape index (κ3) is 4.03. The molecule has 0 saturated carbocycles. The summed E-state index contributed by atoms with van der Waals surface area (Å²) in [7, 11) is 0. The lowest BCUT2D eigenvalue weighted by molar-refractivity contribution is -0.385. The van der Waals surface area contributed by atoms with Crippen LogP contribution in [0.25, 0.3) is 0 Å². The van der Waals surface area contributed by atoms with Crippen LogP contribution in [0.2, 0.25) is 0 Å². The van der Waals surface area contributed by atoms with Gasteiger partial charge in [0.1, 0.15) is 11.4 Å². The summed E-state index contributed by atoms with van der Waals surface area (Å²) in [4.78, 5) is 32.3. The van der Waals surface area contributed by atoms with Crippen LogP contribution in [-0.2, 0) is 4.79 Å². The van der Waals surface area contributed by atoms with Gasteiger partial charge in [-0.1, -0.05) is 12.1 Å². The smallest absolute Gasteiger partial charge is 0.292 e. The van der Waals surface area contributed by atoms with E-state index in [0.717, 1.165) is 0 Å². The maximum Gasteiger partial charge on any atom is 0.292 e. The molecule has 9 heteroatoms. The number of nitrogens with zero attached hydrogens (tertiary/aromatic N) is 2. The van der Waals surface area contributed by atoms with Gasteiger partial charge in [-0.2, -0.15) is 0 Å². The number of nitrogens with one attached hydrogen (secondary N) is 1. The molecule has 1 N–H and O–H groups in total. The van der Waals surface area contributed by atoms with Crippen LogP contribution >= 0.6 is 0 Å². The second-order valence-corrected chi connectivity index (χ2v) is 4.82. The number of anilines is 1. The summed E-state index contributed by atoms with van der Waals surface area (Å²) >= 11 is 0. The van der Waals surface area contributed by atoms with Crippen molar-refractivity contribution in [3.8, 4) is 5.75 Å². The zero-order chi connectivity index (χ0) is 17.7. The summed E-state index contributed by atoms with van der Waals surface area (Å²) in [6.45, 7) is 1.17. The summed E-state index contributed by atoms with van der Waals surface area (Å²) in [5.74, 6) is -0.295. The number of hydrogen-bond donors (Lipinski definition) is 1. The molecule has 0 aliphatic heterocycles. The molecule has 2 aromatic carbocycles. The Bertz CT molecular complexity index is 806. The SMILES string of the molecule is Cc1cc(OCC(=O)Nc2ccccc2[N+](=O)[O-])ccc1[N+](=O)[O-]. The molecule has 0 saturated heterocycles. The van der Waals surface area contributed by atoms with Crippen LogP contribution in [0.4, 0.5) is 17.1 Å². The Balaban J connectivity index is 2.00. The van der Waals surface area contributed by atoms with Crippen LogP contribution in [-0.4, -0.2) is 22.4 Å². The molecule has 0 spiro atoms. The van der Waals surface area contributed by atoms with Gasteiger partial charge in [0.2, 0.25) is 0 Å². The van der Waals surface area contributed by atoms with Crippen LogP contribution in [0.1, 0.15) is 5.56 Å². The maximum atomic E-state index is 11.9. The molecule has 124 valence electrons. The molecule has 0 aliphatic carbocycles. The first-order valence-electron chi connectivity index (χ1n) is 6.79. The van der Waals surface area contributed by atoms with Gasteiger partial charge in [-0.25, -0.2) is 0 Å². The summed E-state index contributed by atoms with van der Waals surface area (Å²) < 4.78 is 5.25. The minimum absolute atomic E-state index is 0.0493. The summed E-state index contributed by atoms with van der Waals surface area (Å²) in [6, 6.07) is 9.83. The molecule has 0 heterocycles. The van der Waals surface area contributed by atoms with Gasteiger partial charge in [0.25, 0.3) is 17.3 Å². The van der Waals surface area contributed by atoms with E-state index in [2.05, 4.69) is 5.32 Å². The lowest BCUT2D eigenvalue weighted by Crippen LogP contribution is -2.20. The second kappa shape index (κ2) is 7.18. The predicted molar refractivity (Wildman–Crippen MR) is 85.1 cm³/mol. The molecule has 24 heavy (non-hydrogen) atoms. The molecular formula is C15H13N3O6. The Labute approximate surface area is 136 Å². The van der Waals surface area contributed by atoms with Crippen LogP contribution in [0, 0.1) is 27.2 Å². The number of para-hydroxylation sites is 2. The van der Waals surface area contributed by atoms with Crippen molar-refractivity contribution in [3.05, 3.63) is 68.3 Å². The van der Waals surface area contributed by atoms with E-state index >= 15 is 0 Å². The number of carbonyl (C=O) groups excluding carboxylic acids is 1. The molecule has 0 atom stereocenters. The van der Waals surface area contributed by atoms with Crippen LogP contribution in [0.5, 0.6) is 5.75 Å². The lowest BCUT2D eigenvalue weighted by Gasteiger charge is -2.08. The van der Waals surface area contributed by atoms with Gasteiger partial charge in [0.15, 0.2) is 6.61 Å². The molecule has 0 unspecified atom stereocenters. The minimum Gasteiger partial charge on any atom is -0.484 e. The Morgan fingerprint density at radius 2 is 1.75 bits per heavy atom. The van der Waals surface area contributed by atoms with Crippen molar-refractivity contribution in [1.82, 2.24) is 0 Å². The van der Waals surface area contributed by atoms with E-state index < -0.39 is 15.8 Å². The first-order chi connectivity index (χ1) is 11.4. The van der Waals surface area contributed by atoms with Crippen molar-refractivity contribution < 1.29 is 19.4 Å². The Hall–Kier alpha value is -3.49. The number of rotatable bonds is 6. The highest BCUT2D eigenvalue weighted by molar-refractivity contribution is 5.94. The minimum atomic E-state index is -0.601. The number of nitro groups is 2. The first-order valence-corrected chi connectivity index (χ1v) is 6.79. The Kier molecular flexibility index (Phi) is 5.05. The van der Waals surface area contributed by atoms with Gasteiger partial charge >= 0.3 is 0 Å². The van der Waals surface area contributed by atoms with Crippen molar-refractivity contribution in [3.63, 3.8) is 0 Å². The fourth-order valence-corrected chi connectivity index (χ4v) is 2.00. The van der Waals surface area contributed by atoms with E-state index in [4.69, 9.17) is 4.74 Å². The molecule has 1 amide bonds. The van der Waals surface area contributed by atoms with Crippen molar-refractivity contribution in [2.45, 2.75) is 6.92 Å². The molecule has 9 nitrogen and oxygen atoms in total. The zero-order valence-corrected chi connectivity index (χ0v) is 12.6. The molecule has 0 aromatic heterocycles. The predicted octanol–water partition coefficient (Wildman–Crippen LogP) is 2.83. The van der Waals surface area contributed by atoms with Gasteiger partial charge in [0, 0.05) is 17.7 Å². The van der Waals surface area contributed by atoms with Crippen LogP contribution in [0.3, 0.4) is 0 Å². The maximum absolute atomic E-state index is 11.9. The van der Waals surface area contributed by atoms with Gasteiger partial charge in [-0.15, -0.1) is 0 Å². The average molecular weight is 331 g/mol. The number of amides is 1. The van der Waals surface area contributed by atoms with E-state index in [1.807, 2.05) is 0 Å². The molecular weight excluding hydrogens is 318 g/mol.